The van der Waals surface area contributed by atoms with Crippen molar-refractivity contribution in [2.45, 2.75) is 4.90 Å². The smallest absolute Gasteiger partial charge is 0.349 e. The molecular weight excluding hydrogens is 355 g/mol. The number of benzene rings is 1. The fourth-order valence-corrected chi connectivity index (χ4v) is 3.91. The van der Waals surface area contributed by atoms with Gasteiger partial charge in [0.2, 0.25) is 0 Å². The number of methoxy groups -OCH3 is 2. The summed E-state index contributed by atoms with van der Waals surface area (Å²) < 4.78 is 22.2. The lowest BCUT2D eigenvalue weighted by Gasteiger charge is -2.02. The number of esters is 2. The summed E-state index contributed by atoms with van der Waals surface area (Å²) in [6.45, 7) is 0. The van der Waals surface area contributed by atoms with Gasteiger partial charge in [0.15, 0.2) is 5.78 Å². The van der Waals surface area contributed by atoms with Crippen LogP contribution in [0.5, 0.6) is 0 Å². The average Bonchev–Trinajstić information content (AvgIpc) is 3.03. The summed E-state index contributed by atoms with van der Waals surface area (Å²) in [6, 6.07) is 6.70. The summed E-state index contributed by atoms with van der Waals surface area (Å²) in [6.07, 6.45) is 0. The Labute approximate surface area is 145 Å². The van der Waals surface area contributed by atoms with E-state index in [4.69, 9.17) is 0 Å². The van der Waals surface area contributed by atoms with Crippen LogP contribution in [0.1, 0.15) is 29.7 Å². The lowest BCUT2D eigenvalue weighted by atomic mass is 10.1. The zero-order valence-corrected chi connectivity index (χ0v) is 14.5. The molecule has 0 aliphatic carbocycles. The molecule has 0 aliphatic rings. The number of halogens is 1. The molecule has 0 amide bonds. The van der Waals surface area contributed by atoms with Crippen molar-refractivity contribution in [2.24, 2.45) is 0 Å². The van der Waals surface area contributed by atoms with E-state index in [1.807, 2.05) is 0 Å². The molecule has 0 radical (unpaired) electrons. The number of thiophene rings is 1. The molecule has 0 saturated carbocycles. The number of hydrogen-bond acceptors (Lipinski definition) is 7. The largest absolute Gasteiger partial charge is 0.465 e. The van der Waals surface area contributed by atoms with Crippen molar-refractivity contribution < 1.29 is 28.2 Å². The van der Waals surface area contributed by atoms with Gasteiger partial charge in [-0.05, 0) is 30.3 Å². The number of thioether (sulfide) groups is 1. The Bertz CT molecular complexity index is 767. The van der Waals surface area contributed by atoms with Crippen LogP contribution in [0.3, 0.4) is 0 Å². The van der Waals surface area contributed by atoms with E-state index in [-0.39, 0.29) is 21.3 Å². The van der Waals surface area contributed by atoms with Crippen LogP contribution in [-0.2, 0) is 9.47 Å². The predicted molar refractivity (Wildman–Crippen MR) is 88.5 cm³/mol. The summed E-state index contributed by atoms with van der Waals surface area (Å²) >= 11 is 2.05. The van der Waals surface area contributed by atoms with Crippen LogP contribution in [0.2, 0.25) is 0 Å². The van der Waals surface area contributed by atoms with E-state index < -0.39 is 17.8 Å². The molecule has 0 atom stereocenters. The second-order valence-corrected chi connectivity index (χ2v) is 6.58. The summed E-state index contributed by atoms with van der Waals surface area (Å²) in [5.74, 6) is -1.77. The molecule has 0 fully saturated rings. The number of Topliss-reactive ketones (excluding diaryl/α,β-unsaturated/α-hetero) is 1. The Morgan fingerprint density at radius 2 is 1.71 bits per heavy atom. The van der Waals surface area contributed by atoms with Gasteiger partial charge in [0.25, 0.3) is 0 Å². The second-order valence-electron chi connectivity index (χ2n) is 4.51. The van der Waals surface area contributed by atoms with Crippen molar-refractivity contribution in [1.29, 1.82) is 0 Å². The maximum absolute atomic E-state index is 12.9. The van der Waals surface area contributed by atoms with Crippen molar-refractivity contribution in [3.05, 3.63) is 51.5 Å². The monoisotopic (exact) mass is 368 g/mol. The highest BCUT2D eigenvalue weighted by molar-refractivity contribution is 8.00. The van der Waals surface area contributed by atoms with Crippen LogP contribution in [-0.4, -0.2) is 37.7 Å². The first kappa shape index (κ1) is 18.2. The van der Waals surface area contributed by atoms with Gasteiger partial charge in [-0.3, -0.25) is 4.79 Å². The Kier molecular flexibility index (Phi) is 6.10. The molecule has 1 aromatic heterocycles. The molecular formula is C16H13FO5S2. The SMILES string of the molecule is COC(=O)c1cc(SCC(=O)c2ccc(F)cc2)c(C(=O)OC)s1. The Morgan fingerprint density at radius 3 is 2.29 bits per heavy atom. The first-order valence-corrected chi connectivity index (χ1v) is 8.48. The minimum absolute atomic E-state index is 0.0347. The van der Waals surface area contributed by atoms with Gasteiger partial charge < -0.3 is 9.47 Å². The highest BCUT2D eigenvalue weighted by Gasteiger charge is 2.22. The molecule has 0 aliphatic heterocycles. The highest BCUT2D eigenvalue weighted by Crippen LogP contribution is 2.32. The molecule has 2 aromatic rings. The molecule has 0 bridgehead atoms. The summed E-state index contributed by atoms with van der Waals surface area (Å²) in [5.41, 5.74) is 0.368. The van der Waals surface area contributed by atoms with Crippen molar-refractivity contribution in [2.75, 3.05) is 20.0 Å². The zero-order valence-electron chi connectivity index (χ0n) is 12.8. The van der Waals surface area contributed by atoms with Crippen molar-refractivity contribution in [3.63, 3.8) is 0 Å². The van der Waals surface area contributed by atoms with Gasteiger partial charge in [-0.15, -0.1) is 23.1 Å². The van der Waals surface area contributed by atoms with E-state index in [0.29, 0.717) is 10.5 Å². The van der Waals surface area contributed by atoms with Crippen LogP contribution >= 0.6 is 23.1 Å². The van der Waals surface area contributed by atoms with Gasteiger partial charge in [0, 0.05) is 10.5 Å². The lowest BCUT2D eigenvalue weighted by molar-refractivity contribution is 0.0596. The molecule has 1 heterocycles. The normalized spacial score (nSPS) is 10.3. The fourth-order valence-electron chi connectivity index (χ4n) is 1.78. The van der Waals surface area contributed by atoms with E-state index in [0.717, 1.165) is 23.1 Å². The molecule has 0 unspecified atom stereocenters. The Morgan fingerprint density at radius 1 is 1.08 bits per heavy atom. The summed E-state index contributed by atoms with van der Waals surface area (Å²) in [7, 11) is 2.47. The highest BCUT2D eigenvalue weighted by atomic mass is 32.2. The maximum Gasteiger partial charge on any atom is 0.349 e. The molecule has 0 spiro atoms. The third-order valence-corrected chi connectivity index (χ3v) is 5.24. The van der Waals surface area contributed by atoms with E-state index >= 15 is 0 Å². The van der Waals surface area contributed by atoms with Crippen molar-refractivity contribution >= 4 is 40.8 Å². The summed E-state index contributed by atoms with van der Waals surface area (Å²) in [5, 5.41) is 0. The number of rotatable bonds is 6. The summed E-state index contributed by atoms with van der Waals surface area (Å²) in [4.78, 5) is 36.5. The molecule has 0 saturated heterocycles. The number of ketones is 1. The molecule has 8 heteroatoms. The van der Waals surface area contributed by atoms with E-state index in [1.54, 1.807) is 0 Å². The van der Waals surface area contributed by atoms with Gasteiger partial charge >= 0.3 is 11.9 Å². The maximum atomic E-state index is 12.9. The minimum atomic E-state index is -0.591. The van der Waals surface area contributed by atoms with Crippen LogP contribution in [0.25, 0.3) is 0 Å². The molecule has 1 aromatic carbocycles. The van der Waals surface area contributed by atoms with Gasteiger partial charge in [0.05, 0.1) is 20.0 Å². The Hall–Kier alpha value is -2.19. The van der Waals surface area contributed by atoms with E-state index in [1.165, 1.54) is 44.6 Å². The molecule has 5 nitrogen and oxygen atoms in total. The molecule has 2 rings (SSSR count). The van der Waals surface area contributed by atoms with Crippen molar-refractivity contribution in [3.8, 4) is 0 Å². The van der Waals surface area contributed by atoms with Gasteiger partial charge in [0.1, 0.15) is 15.6 Å². The quantitative estimate of drug-likeness (QED) is 0.442. The van der Waals surface area contributed by atoms with Gasteiger partial charge in [-0.2, -0.15) is 0 Å². The number of ether oxygens (including phenoxy) is 2. The third kappa shape index (κ3) is 4.21. The van der Waals surface area contributed by atoms with E-state index in [9.17, 15) is 18.8 Å². The average molecular weight is 368 g/mol. The second kappa shape index (κ2) is 8.07. The van der Waals surface area contributed by atoms with Crippen LogP contribution < -0.4 is 0 Å². The third-order valence-electron chi connectivity index (χ3n) is 2.98. The minimum Gasteiger partial charge on any atom is -0.465 e. The topological polar surface area (TPSA) is 69.7 Å². The van der Waals surface area contributed by atoms with Crippen LogP contribution in [0.4, 0.5) is 4.39 Å². The fraction of sp³-hybridized carbons (Fsp3) is 0.188. The number of carbonyl (C=O) groups is 3. The van der Waals surface area contributed by atoms with Crippen molar-refractivity contribution in [1.82, 2.24) is 0 Å². The van der Waals surface area contributed by atoms with Crippen LogP contribution in [0.15, 0.2) is 35.2 Å². The standard InChI is InChI=1S/C16H13FO5S2/c1-21-15(19)13-7-12(14(24-13)16(20)22-2)23-8-11(18)9-3-5-10(17)6-4-9/h3-7H,8H2,1-2H3. The first-order chi connectivity index (χ1) is 11.5. The molecule has 24 heavy (non-hydrogen) atoms. The van der Waals surface area contributed by atoms with Crippen LogP contribution in [0, 0.1) is 5.82 Å². The predicted octanol–water partition coefficient (Wildman–Crippen LogP) is 3.44. The number of hydrogen-bond donors (Lipinski definition) is 0. The molecule has 126 valence electrons. The molecule has 0 N–H and O–H groups in total. The van der Waals surface area contributed by atoms with Gasteiger partial charge in [-0.25, -0.2) is 14.0 Å². The van der Waals surface area contributed by atoms with E-state index in [2.05, 4.69) is 9.47 Å². The number of carbonyl (C=O) groups excluding carboxylic acids is 3. The zero-order chi connectivity index (χ0) is 17.7. The van der Waals surface area contributed by atoms with Gasteiger partial charge in [-0.1, -0.05) is 0 Å². The lowest BCUT2D eigenvalue weighted by Crippen LogP contribution is -2.04. The Balaban J connectivity index is 2.17. The first-order valence-electron chi connectivity index (χ1n) is 6.68.